The molecule has 74 valence electrons. The number of hydrogen-bond acceptors (Lipinski definition) is 2. The second-order valence-corrected chi connectivity index (χ2v) is 5.87. The Balaban J connectivity index is 2.51. The summed E-state index contributed by atoms with van der Waals surface area (Å²) in [6, 6.07) is 5.51. The number of rotatable bonds is 1. The molecule has 0 aliphatic heterocycles. The molecule has 0 aliphatic carbocycles. The van der Waals surface area contributed by atoms with Gasteiger partial charge in [0.1, 0.15) is 0 Å². The van der Waals surface area contributed by atoms with Gasteiger partial charge in [-0.05, 0) is 17.5 Å². The molecule has 5 heteroatoms. The smallest absolute Gasteiger partial charge is 0.219 e. The SMILES string of the molecule is ClC(Cl)(Cl)c1ccoc1-c1cccs1. The molecule has 1 nitrogen and oxygen atoms in total. The summed E-state index contributed by atoms with van der Waals surface area (Å²) in [7, 11) is 0. The molecule has 0 aliphatic rings. The molecule has 0 bridgehead atoms. The molecule has 0 amide bonds. The molecule has 2 aromatic rings. The molecule has 0 N–H and O–H groups in total. The lowest BCUT2D eigenvalue weighted by atomic mass is 10.2. The van der Waals surface area contributed by atoms with Gasteiger partial charge in [0.2, 0.25) is 3.79 Å². The standard InChI is InChI=1S/C9H5Cl3OS/c10-9(11,12)6-3-4-13-8(6)7-2-1-5-14-7/h1-5H. The number of halogens is 3. The lowest BCUT2D eigenvalue weighted by Gasteiger charge is -2.09. The first-order valence-electron chi connectivity index (χ1n) is 3.77. The van der Waals surface area contributed by atoms with Crippen LogP contribution in [0.2, 0.25) is 0 Å². The van der Waals surface area contributed by atoms with Crippen molar-refractivity contribution in [2.75, 3.05) is 0 Å². The Hall–Kier alpha value is -0.150. The summed E-state index contributed by atoms with van der Waals surface area (Å²) in [5.41, 5.74) is 0.574. The predicted octanol–water partition coefficient (Wildman–Crippen LogP) is 4.83. The van der Waals surface area contributed by atoms with E-state index in [0.29, 0.717) is 11.3 Å². The fourth-order valence-corrected chi connectivity index (χ4v) is 2.30. The molecule has 0 saturated carbocycles. The molecule has 2 aromatic heterocycles. The van der Waals surface area contributed by atoms with Gasteiger partial charge in [-0.25, -0.2) is 0 Å². The lowest BCUT2D eigenvalue weighted by molar-refractivity contribution is 0.581. The minimum absolute atomic E-state index is 0.574. The Morgan fingerprint density at radius 2 is 2.00 bits per heavy atom. The Morgan fingerprint density at radius 1 is 1.21 bits per heavy atom. The van der Waals surface area contributed by atoms with Crippen molar-refractivity contribution in [3.63, 3.8) is 0 Å². The molecule has 0 atom stereocenters. The minimum atomic E-state index is -1.44. The van der Waals surface area contributed by atoms with Gasteiger partial charge in [-0.15, -0.1) is 11.3 Å². The fraction of sp³-hybridized carbons (Fsp3) is 0.111. The van der Waals surface area contributed by atoms with Crippen molar-refractivity contribution < 1.29 is 4.42 Å². The van der Waals surface area contributed by atoms with E-state index >= 15 is 0 Å². The summed E-state index contributed by atoms with van der Waals surface area (Å²) in [5.74, 6) is 0.625. The van der Waals surface area contributed by atoms with Crippen LogP contribution in [-0.4, -0.2) is 0 Å². The van der Waals surface area contributed by atoms with Gasteiger partial charge in [-0.1, -0.05) is 40.9 Å². The highest BCUT2D eigenvalue weighted by molar-refractivity contribution is 7.13. The number of furan rings is 1. The Kier molecular flexibility index (Phi) is 2.80. The third-order valence-corrected chi connectivity index (χ3v) is 3.20. The van der Waals surface area contributed by atoms with Gasteiger partial charge in [0.25, 0.3) is 0 Å². The second kappa shape index (κ2) is 3.78. The summed E-state index contributed by atoms with van der Waals surface area (Å²) in [5, 5.41) is 1.94. The molecular formula is C9H5Cl3OS. The summed E-state index contributed by atoms with van der Waals surface area (Å²) < 4.78 is 3.85. The largest absolute Gasteiger partial charge is 0.463 e. The average Bonchev–Trinajstić information content (AvgIpc) is 2.73. The molecular weight excluding hydrogens is 263 g/mol. The fourth-order valence-electron chi connectivity index (χ4n) is 1.13. The number of hydrogen-bond donors (Lipinski definition) is 0. The quantitative estimate of drug-likeness (QED) is 0.674. The summed E-state index contributed by atoms with van der Waals surface area (Å²) in [6.07, 6.45) is 1.52. The molecule has 0 fully saturated rings. The molecule has 2 heterocycles. The maximum absolute atomic E-state index is 5.80. The van der Waals surface area contributed by atoms with Crippen LogP contribution in [0.4, 0.5) is 0 Å². The van der Waals surface area contributed by atoms with Crippen LogP contribution in [0.15, 0.2) is 34.3 Å². The summed E-state index contributed by atoms with van der Waals surface area (Å²) in [4.78, 5) is 0.955. The van der Waals surface area contributed by atoms with Crippen LogP contribution in [0.1, 0.15) is 5.56 Å². The van der Waals surface area contributed by atoms with Crippen LogP contribution in [0.3, 0.4) is 0 Å². The first kappa shape index (κ1) is 10.4. The van der Waals surface area contributed by atoms with Crippen molar-refractivity contribution in [2.24, 2.45) is 0 Å². The first-order chi connectivity index (χ1) is 6.59. The van der Waals surface area contributed by atoms with Gasteiger partial charge in [-0.3, -0.25) is 0 Å². The van der Waals surface area contributed by atoms with Crippen LogP contribution in [-0.2, 0) is 3.79 Å². The summed E-state index contributed by atoms with van der Waals surface area (Å²) in [6.45, 7) is 0. The lowest BCUT2D eigenvalue weighted by Crippen LogP contribution is -1.98. The van der Waals surface area contributed by atoms with Gasteiger partial charge in [0, 0.05) is 0 Å². The molecule has 0 spiro atoms. The second-order valence-electron chi connectivity index (χ2n) is 2.64. The van der Waals surface area contributed by atoms with Crippen molar-refractivity contribution >= 4 is 46.1 Å². The van der Waals surface area contributed by atoms with Gasteiger partial charge in [-0.2, -0.15) is 0 Å². The van der Waals surface area contributed by atoms with E-state index < -0.39 is 3.79 Å². The zero-order valence-electron chi connectivity index (χ0n) is 6.84. The van der Waals surface area contributed by atoms with Crippen molar-refractivity contribution in [3.05, 3.63) is 35.4 Å². The monoisotopic (exact) mass is 266 g/mol. The van der Waals surface area contributed by atoms with Gasteiger partial charge < -0.3 is 4.42 Å². The van der Waals surface area contributed by atoms with E-state index in [1.54, 1.807) is 17.4 Å². The van der Waals surface area contributed by atoms with Crippen molar-refractivity contribution in [1.29, 1.82) is 0 Å². The van der Waals surface area contributed by atoms with E-state index in [9.17, 15) is 0 Å². The number of thiophene rings is 1. The van der Waals surface area contributed by atoms with Crippen LogP contribution in [0, 0.1) is 0 Å². The van der Waals surface area contributed by atoms with Gasteiger partial charge >= 0.3 is 0 Å². The van der Waals surface area contributed by atoms with E-state index in [0.717, 1.165) is 4.88 Å². The third-order valence-electron chi connectivity index (χ3n) is 1.72. The average molecular weight is 268 g/mol. The highest BCUT2D eigenvalue weighted by Gasteiger charge is 2.29. The maximum Gasteiger partial charge on any atom is 0.219 e. The van der Waals surface area contributed by atoms with E-state index in [1.165, 1.54) is 6.26 Å². The zero-order valence-corrected chi connectivity index (χ0v) is 9.92. The van der Waals surface area contributed by atoms with Gasteiger partial charge in [0.05, 0.1) is 16.7 Å². The Morgan fingerprint density at radius 3 is 2.57 bits per heavy atom. The van der Waals surface area contributed by atoms with Crippen LogP contribution in [0.5, 0.6) is 0 Å². The molecule has 2 rings (SSSR count). The number of alkyl halides is 3. The third kappa shape index (κ3) is 1.94. The Labute approximate surface area is 100 Å². The molecule has 0 unspecified atom stereocenters. The van der Waals surface area contributed by atoms with Crippen LogP contribution in [0.25, 0.3) is 10.6 Å². The van der Waals surface area contributed by atoms with Crippen molar-refractivity contribution in [2.45, 2.75) is 3.79 Å². The Bertz CT molecular complexity index is 413. The van der Waals surface area contributed by atoms with E-state index in [2.05, 4.69) is 0 Å². The molecule has 0 aromatic carbocycles. The zero-order chi connectivity index (χ0) is 10.2. The highest BCUT2D eigenvalue weighted by atomic mass is 35.6. The van der Waals surface area contributed by atoms with E-state index in [-0.39, 0.29) is 0 Å². The van der Waals surface area contributed by atoms with Crippen molar-refractivity contribution in [3.8, 4) is 10.6 Å². The molecule has 0 saturated heterocycles. The minimum Gasteiger partial charge on any atom is -0.463 e. The van der Waals surface area contributed by atoms with E-state index in [1.807, 2.05) is 17.5 Å². The van der Waals surface area contributed by atoms with Crippen molar-refractivity contribution in [1.82, 2.24) is 0 Å². The topological polar surface area (TPSA) is 13.1 Å². The summed E-state index contributed by atoms with van der Waals surface area (Å²) >= 11 is 18.9. The van der Waals surface area contributed by atoms with Crippen LogP contribution >= 0.6 is 46.1 Å². The van der Waals surface area contributed by atoms with E-state index in [4.69, 9.17) is 39.2 Å². The predicted molar refractivity (Wildman–Crippen MR) is 61.3 cm³/mol. The maximum atomic E-state index is 5.80. The highest BCUT2D eigenvalue weighted by Crippen LogP contribution is 2.44. The van der Waals surface area contributed by atoms with Crippen LogP contribution < -0.4 is 0 Å². The molecule has 0 radical (unpaired) electrons. The normalized spacial score (nSPS) is 11.9. The first-order valence-corrected chi connectivity index (χ1v) is 5.79. The molecule has 14 heavy (non-hydrogen) atoms. The van der Waals surface area contributed by atoms with Gasteiger partial charge in [0.15, 0.2) is 5.76 Å².